The molecule has 0 aromatic heterocycles. The molecule has 1 aliphatic carbocycles. The highest BCUT2D eigenvalue weighted by atomic mass is 79.9. The zero-order valence-electron chi connectivity index (χ0n) is 21.9. The highest BCUT2D eigenvalue weighted by Crippen LogP contribution is 2.61. The summed E-state index contributed by atoms with van der Waals surface area (Å²) in [6, 6.07) is 23.8. The van der Waals surface area contributed by atoms with Gasteiger partial charge in [-0.3, -0.25) is 14.4 Å². The first-order valence-corrected chi connectivity index (χ1v) is 14.0. The van der Waals surface area contributed by atoms with Crippen LogP contribution in [0.1, 0.15) is 48.1 Å². The van der Waals surface area contributed by atoms with Crippen molar-refractivity contribution in [1.82, 2.24) is 0 Å². The summed E-state index contributed by atoms with van der Waals surface area (Å²) in [5.41, 5.74) is 1.35. The first kappa shape index (κ1) is 25.6. The van der Waals surface area contributed by atoms with Crippen molar-refractivity contribution in [3.8, 4) is 5.75 Å². The number of halogens is 2. The van der Waals surface area contributed by atoms with Gasteiger partial charge in [-0.15, -0.1) is 0 Å². The third kappa shape index (κ3) is 3.55. The Bertz CT molecular complexity index is 1760. The molecule has 202 valence electrons. The smallest absolute Gasteiger partial charge is 0.186 e. The zero-order chi connectivity index (χ0) is 28.5. The van der Waals surface area contributed by atoms with E-state index in [0.29, 0.717) is 39.3 Å². The number of benzene rings is 4. The number of carbonyl (C=O) groups is 3. The van der Waals surface area contributed by atoms with E-state index in [-0.39, 0.29) is 17.3 Å². The second-order valence-corrected chi connectivity index (χ2v) is 11.5. The van der Waals surface area contributed by atoms with Gasteiger partial charge in [0.15, 0.2) is 17.3 Å². The van der Waals surface area contributed by atoms with Crippen molar-refractivity contribution in [3.05, 3.63) is 135 Å². The molecule has 1 spiro atoms. The number of nitrogens with zero attached hydrogens (tertiary/aromatic N) is 1. The van der Waals surface area contributed by atoms with Crippen LogP contribution in [0, 0.1) is 11.2 Å². The summed E-state index contributed by atoms with van der Waals surface area (Å²) in [5.74, 6) is -1.62. The number of ether oxygens (including phenoxy) is 1. The Morgan fingerprint density at radius 3 is 2.29 bits per heavy atom. The highest BCUT2D eigenvalue weighted by molar-refractivity contribution is 9.10. The number of methoxy groups -OCH3 is 1. The Kier molecular flexibility index (Phi) is 5.84. The average molecular weight is 608 g/mol. The second kappa shape index (κ2) is 9.35. The molecule has 2 aliphatic heterocycles. The van der Waals surface area contributed by atoms with Gasteiger partial charge in [-0.1, -0.05) is 76.6 Å². The first-order chi connectivity index (χ1) is 19.9. The van der Waals surface area contributed by atoms with Gasteiger partial charge in [-0.25, -0.2) is 4.39 Å². The Labute approximate surface area is 244 Å². The molecule has 3 aliphatic rings. The molecular weight excluding hydrogens is 585 g/mol. The van der Waals surface area contributed by atoms with Gasteiger partial charge >= 0.3 is 0 Å². The van der Waals surface area contributed by atoms with Crippen LogP contribution in [-0.2, 0) is 0 Å². The van der Waals surface area contributed by atoms with Crippen molar-refractivity contribution in [3.63, 3.8) is 0 Å². The first-order valence-electron chi connectivity index (χ1n) is 13.2. The molecule has 2 heterocycles. The molecule has 0 bridgehead atoms. The average Bonchev–Trinajstić information content (AvgIpc) is 3.43. The number of hydrogen-bond acceptors (Lipinski definition) is 5. The monoisotopic (exact) mass is 607 g/mol. The van der Waals surface area contributed by atoms with E-state index in [2.05, 4.69) is 15.9 Å². The van der Waals surface area contributed by atoms with E-state index in [4.69, 9.17) is 4.74 Å². The lowest BCUT2D eigenvalue weighted by Crippen LogP contribution is -2.48. The van der Waals surface area contributed by atoms with E-state index in [0.717, 1.165) is 4.47 Å². The van der Waals surface area contributed by atoms with Crippen molar-refractivity contribution in [2.75, 3.05) is 12.0 Å². The van der Waals surface area contributed by atoms with Gasteiger partial charge in [-0.2, -0.15) is 0 Å². The minimum atomic E-state index is -1.61. The third-order valence-corrected chi connectivity index (χ3v) is 9.15. The Morgan fingerprint density at radius 1 is 0.902 bits per heavy atom. The summed E-state index contributed by atoms with van der Waals surface area (Å²) in [6.07, 6.45) is 3.54. The number of Topliss-reactive ketones (excluding diaryl/α,β-unsaturated/α-hetero) is 3. The van der Waals surface area contributed by atoms with Gasteiger partial charge in [0.1, 0.15) is 23.0 Å². The summed E-state index contributed by atoms with van der Waals surface area (Å²) < 4.78 is 20.6. The lowest BCUT2D eigenvalue weighted by atomic mass is 9.64. The number of fused-ring (bicyclic) bond motifs is 5. The summed E-state index contributed by atoms with van der Waals surface area (Å²) in [6.45, 7) is 0. The topological polar surface area (TPSA) is 63.7 Å². The Balaban J connectivity index is 1.54. The highest BCUT2D eigenvalue weighted by Gasteiger charge is 2.71. The van der Waals surface area contributed by atoms with Crippen LogP contribution in [0.2, 0.25) is 0 Å². The van der Waals surface area contributed by atoms with Gasteiger partial charge in [0.2, 0.25) is 0 Å². The molecule has 0 radical (unpaired) electrons. The van der Waals surface area contributed by atoms with Crippen LogP contribution in [0.5, 0.6) is 5.75 Å². The van der Waals surface area contributed by atoms with Crippen molar-refractivity contribution in [2.45, 2.75) is 18.0 Å². The molecule has 0 amide bonds. The maximum Gasteiger partial charge on any atom is 0.186 e. The number of anilines is 1. The fourth-order valence-corrected chi connectivity index (χ4v) is 7.20. The standard InChI is InChI=1S/C34H23BrFNO4/c1-41-24-6-4-5-21(18-24)31(38)30-29(19-9-12-22(35)13-10-19)34(32(39)25-7-2-3-8-26(25)33(34)40)28-16-11-20-17-23(36)14-15-27(20)37(28)30/h2-18,28-30H,1H3. The van der Waals surface area contributed by atoms with Crippen LogP contribution in [0.15, 0.2) is 102 Å². The molecule has 0 N–H and O–H groups in total. The van der Waals surface area contributed by atoms with E-state index >= 15 is 0 Å². The van der Waals surface area contributed by atoms with Crippen LogP contribution in [0.25, 0.3) is 6.08 Å². The zero-order valence-corrected chi connectivity index (χ0v) is 23.5. The molecule has 7 heteroatoms. The molecule has 41 heavy (non-hydrogen) atoms. The molecule has 7 rings (SSSR count). The predicted octanol–water partition coefficient (Wildman–Crippen LogP) is 6.91. The molecule has 1 fully saturated rings. The van der Waals surface area contributed by atoms with E-state index in [1.807, 2.05) is 29.2 Å². The summed E-state index contributed by atoms with van der Waals surface area (Å²) in [4.78, 5) is 45.8. The lowest BCUT2D eigenvalue weighted by molar-refractivity contribution is 0.0666. The molecule has 0 saturated carbocycles. The fraction of sp³-hybridized carbons (Fsp3) is 0.147. The van der Waals surface area contributed by atoms with Crippen LogP contribution >= 0.6 is 15.9 Å². The minimum Gasteiger partial charge on any atom is -0.497 e. The quantitative estimate of drug-likeness (QED) is 0.186. The summed E-state index contributed by atoms with van der Waals surface area (Å²) in [5, 5.41) is 0. The largest absolute Gasteiger partial charge is 0.497 e. The maximum absolute atomic E-state index is 14.7. The Morgan fingerprint density at radius 2 is 1.61 bits per heavy atom. The molecule has 3 unspecified atom stereocenters. The molecular formula is C34H23BrFNO4. The van der Waals surface area contributed by atoms with Gasteiger partial charge < -0.3 is 9.64 Å². The van der Waals surface area contributed by atoms with Crippen LogP contribution in [0.3, 0.4) is 0 Å². The fourth-order valence-electron chi connectivity index (χ4n) is 6.94. The molecule has 4 aromatic rings. The van der Waals surface area contributed by atoms with Gasteiger partial charge in [0, 0.05) is 38.3 Å². The van der Waals surface area contributed by atoms with Crippen LogP contribution in [0.4, 0.5) is 10.1 Å². The van der Waals surface area contributed by atoms with E-state index in [1.165, 1.54) is 19.2 Å². The van der Waals surface area contributed by atoms with Gasteiger partial charge in [0.25, 0.3) is 0 Å². The number of hydrogen-bond donors (Lipinski definition) is 0. The van der Waals surface area contributed by atoms with Gasteiger partial charge in [-0.05, 0) is 48.0 Å². The molecule has 3 atom stereocenters. The Hall–Kier alpha value is -4.36. The number of carbonyl (C=O) groups excluding carboxylic acids is 3. The van der Waals surface area contributed by atoms with Crippen molar-refractivity contribution >= 4 is 45.0 Å². The van der Waals surface area contributed by atoms with Crippen molar-refractivity contribution in [1.29, 1.82) is 0 Å². The van der Waals surface area contributed by atoms with Gasteiger partial charge in [0.05, 0.1) is 13.2 Å². The van der Waals surface area contributed by atoms with Crippen molar-refractivity contribution in [2.24, 2.45) is 5.41 Å². The third-order valence-electron chi connectivity index (χ3n) is 8.62. The van der Waals surface area contributed by atoms with Crippen LogP contribution < -0.4 is 9.64 Å². The molecule has 1 saturated heterocycles. The SMILES string of the molecule is COc1cccc(C(=O)C2C(c3ccc(Br)cc3)C3(C(=O)c4ccccc4C3=O)C3C=Cc4cc(F)ccc4N23)c1. The second-order valence-electron chi connectivity index (χ2n) is 10.6. The van der Waals surface area contributed by atoms with E-state index < -0.39 is 29.2 Å². The van der Waals surface area contributed by atoms with E-state index in [9.17, 15) is 18.8 Å². The van der Waals surface area contributed by atoms with Crippen molar-refractivity contribution < 1.29 is 23.5 Å². The number of ketones is 3. The predicted molar refractivity (Wildman–Crippen MR) is 157 cm³/mol. The molecule has 4 aromatic carbocycles. The summed E-state index contributed by atoms with van der Waals surface area (Å²) in [7, 11) is 1.53. The van der Waals surface area contributed by atoms with Crippen LogP contribution in [-0.4, -0.2) is 36.5 Å². The lowest BCUT2D eigenvalue weighted by Gasteiger charge is -2.37. The minimum absolute atomic E-state index is 0.263. The maximum atomic E-state index is 14.7. The van der Waals surface area contributed by atoms with E-state index in [1.54, 1.807) is 66.7 Å². The summed E-state index contributed by atoms with van der Waals surface area (Å²) >= 11 is 3.49. The molecule has 5 nitrogen and oxygen atoms in total. The normalized spacial score (nSPS) is 21.5. The number of rotatable bonds is 4.